The Morgan fingerprint density at radius 2 is 1.88 bits per heavy atom. The maximum atomic E-state index is 12.6. The zero-order valence-corrected chi connectivity index (χ0v) is 18.8. The van der Waals surface area contributed by atoms with Crippen LogP contribution in [0.2, 0.25) is 5.02 Å². The lowest BCUT2D eigenvalue weighted by molar-refractivity contribution is 0.0945. The standard InChI is InChI=1S/C22H22ClN3O5S/c1-30-14-4-13-24-21(27)20-7-3-12-25-22(20)31-18-6-2-5-17(15-18)26-32(28,29)19-10-8-16(23)9-11-19/h2-3,5-12,15,26H,4,13-14H2,1H3,(H,24,27). The van der Waals surface area contributed by atoms with Crippen LogP contribution in [-0.2, 0) is 14.8 Å². The summed E-state index contributed by atoms with van der Waals surface area (Å²) in [7, 11) is -2.21. The lowest BCUT2D eigenvalue weighted by Gasteiger charge is -2.12. The predicted octanol–water partition coefficient (Wildman–Crippen LogP) is 4.09. The number of amides is 1. The number of ether oxygens (including phenoxy) is 2. The van der Waals surface area contributed by atoms with Crippen LogP contribution in [0.25, 0.3) is 0 Å². The number of nitrogens with one attached hydrogen (secondary N) is 2. The van der Waals surface area contributed by atoms with Crippen molar-refractivity contribution in [3.8, 4) is 11.6 Å². The van der Waals surface area contributed by atoms with Gasteiger partial charge >= 0.3 is 0 Å². The lowest BCUT2D eigenvalue weighted by atomic mass is 10.2. The Morgan fingerprint density at radius 1 is 1.09 bits per heavy atom. The highest BCUT2D eigenvalue weighted by atomic mass is 35.5. The fourth-order valence-electron chi connectivity index (χ4n) is 2.72. The average Bonchev–Trinajstić information content (AvgIpc) is 2.77. The van der Waals surface area contributed by atoms with Crippen LogP contribution in [0.5, 0.6) is 11.6 Å². The molecule has 1 aromatic heterocycles. The fraction of sp³-hybridized carbons (Fsp3) is 0.182. The summed E-state index contributed by atoms with van der Waals surface area (Å²) < 4.78 is 38.5. The first-order valence-electron chi connectivity index (χ1n) is 9.67. The van der Waals surface area contributed by atoms with Gasteiger partial charge in [0.25, 0.3) is 15.9 Å². The number of aromatic nitrogens is 1. The first-order chi connectivity index (χ1) is 15.4. The lowest BCUT2D eigenvalue weighted by Crippen LogP contribution is -2.25. The molecule has 0 radical (unpaired) electrons. The van der Waals surface area contributed by atoms with Gasteiger partial charge in [-0.05, 0) is 55.0 Å². The van der Waals surface area contributed by atoms with E-state index in [1.54, 1.807) is 37.4 Å². The van der Waals surface area contributed by atoms with Crippen LogP contribution in [0.3, 0.4) is 0 Å². The number of sulfonamides is 1. The van der Waals surface area contributed by atoms with E-state index in [9.17, 15) is 13.2 Å². The molecular formula is C22H22ClN3O5S. The molecular weight excluding hydrogens is 454 g/mol. The molecule has 10 heteroatoms. The van der Waals surface area contributed by atoms with E-state index in [-0.39, 0.29) is 22.2 Å². The van der Waals surface area contributed by atoms with Gasteiger partial charge in [-0.2, -0.15) is 0 Å². The zero-order valence-electron chi connectivity index (χ0n) is 17.2. The van der Waals surface area contributed by atoms with Crippen LogP contribution in [0, 0.1) is 0 Å². The number of pyridine rings is 1. The number of halogens is 1. The molecule has 1 amide bonds. The van der Waals surface area contributed by atoms with E-state index in [2.05, 4.69) is 15.0 Å². The Balaban J connectivity index is 1.74. The number of benzene rings is 2. The fourth-order valence-corrected chi connectivity index (χ4v) is 3.90. The molecule has 0 saturated carbocycles. The summed E-state index contributed by atoms with van der Waals surface area (Å²) in [6.07, 6.45) is 2.18. The maximum absolute atomic E-state index is 12.6. The second kappa shape index (κ2) is 10.9. The molecule has 2 aromatic carbocycles. The number of carbonyl (C=O) groups is 1. The van der Waals surface area contributed by atoms with Crippen molar-refractivity contribution >= 4 is 33.2 Å². The molecule has 0 fully saturated rings. The Bertz CT molecular complexity index is 1170. The SMILES string of the molecule is COCCCNC(=O)c1cccnc1Oc1cccc(NS(=O)(=O)c2ccc(Cl)cc2)c1. The number of carbonyl (C=O) groups excluding carboxylic acids is 1. The van der Waals surface area contributed by atoms with Crippen molar-refractivity contribution in [3.63, 3.8) is 0 Å². The average molecular weight is 476 g/mol. The number of rotatable bonds is 10. The van der Waals surface area contributed by atoms with E-state index in [0.29, 0.717) is 36.0 Å². The number of methoxy groups -OCH3 is 1. The summed E-state index contributed by atoms with van der Waals surface area (Å²) in [4.78, 5) is 16.7. The molecule has 0 aliphatic carbocycles. The van der Waals surface area contributed by atoms with Crippen molar-refractivity contribution in [1.82, 2.24) is 10.3 Å². The maximum Gasteiger partial charge on any atom is 0.261 e. The van der Waals surface area contributed by atoms with Crippen molar-refractivity contribution < 1.29 is 22.7 Å². The molecule has 2 N–H and O–H groups in total. The number of anilines is 1. The van der Waals surface area contributed by atoms with Crippen LogP contribution in [0.1, 0.15) is 16.8 Å². The van der Waals surface area contributed by atoms with Gasteiger partial charge in [-0.3, -0.25) is 9.52 Å². The molecule has 168 valence electrons. The minimum absolute atomic E-state index is 0.0744. The molecule has 3 rings (SSSR count). The van der Waals surface area contributed by atoms with E-state index < -0.39 is 10.0 Å². The molecule has 0 saturated heterocycles. The zero-order chi connectivity index (χ0) is 23.0. The highest BCUT2D eigenvalue weighted by molar-refractivity contribution is 7.92. The Morgan fingerprint density at radius 3 is 2.62 bits per heavy atom. The van der Waals surface area contributed by atoms with Crippen LogP contribution in [0.4, 0.5) is 5.69 Å². The van der Waals surface area contributed by atoms with Gasteiger partial charge in [0.1, 0.15) is 11.3 Å². The second-order valence-electron chi connectivity index (χ2n) is 6.65. The van der Waals surface area contributed by atoms with Gasteiger partial charge < -0.3 is 14.8 Å². The smallest absolute Gasteiger partial charge is 0.261 e. The van der Waals surface area contributed by atoms with Gasteiger partial charge in [-0.25, -0.2) is 13.4 Å². The Kier molecular flexibility index (Phi) is 8.04. The van der Waals surface area contributed by atoms with Gasteiger partial charge in [0, 0.05) is 37.5 Å². The minimum Gasteiger partial charge on any atom is -0.438 e. The first kappa shape index (κ1) is 23.5. The van der Waals surface area contributed by atoms with Gasteiger partial charge in [-0.15, -0.1) is 0 Å². The van der Waals surface area contributed by atoms with Crippen LogP contribution in [0.15, 0.2) is 71.8 Å². The van der Waals surface area contributed by atoms with Gasteiger partial charge in [0.05, 0.1) is 10.6 Å². The van der Waals surface area contributed by atoms with Crippen LogP contribution in [-0.4, -0.2) is 39.6 Å². The molecule has 8 nitrogen and oxygen atoms in total. The summed E-state index contributed by atoms with van der Waals surface area (Å²) in [5.74, 6) is 0.0895. The number of hydrogen-bond donors (Lipinski definition) is 2. The topological polar surface area (TPSA) is 107 Å². The number of nitrogens with zero attached hydrogens (tertiary/aromatic N) is 1. The largest absolute Gasteiger partial charge is 0.438 e. The molecule has 3 aromatic rings. The van der Waals surface area contributed by atoms with Crippen molar-refractivity contribution in [2.75, 3.05) is 25.0 Å². The van der Waals surface area contributed by atoms with Gasteiger partial charge in [0.2, 0.25) is 5.88 Å². The van der Waals surface area contributed by atoms with Crippen molar-refractivity contribution in [2.24, 2.45) is 0 Å². The summed E-state index contributed by atoms with van der Waals surface area (Å²) in [6.45, 7) is 0.984. The van der Waals surface area contributed by atoms with Crippen molar-refractivity contribution in [1.29, 1.82) is 0 Å². The highest BCUT2D eigenvalue weighted by Gasteiger charge is 2.16. The third-order valence-corrected chi connectivity index (χ3v) is 5.90. The van der Waals surface area contributed by atoms with Crippen molar-refractivity contribution in [2.45, 2.75) is 11.3 Å². The molecule has 0 bridgehead atoms. The Hall–Kier alpha value is -3.14. The van der Waals surface area contributed by atoms with E-state index in [1.165, 1.54) is 36.5 Å². The molecule has 0 aliphatic rings. The van der Waals surface area contributed by atoms with Crippen LogP contribution >= 0.6 is 11.6 Å². The normalized spacial score (nSPS) is 11.1. The molecule has 0 spiro atoms. The molecule has 0 atom stereocenters. The van der Waals surface area contributed by atoms with E-state index >= 15 is 0 Å². The highest BCUT2D eigenvalue weighted by Crippen LogP contribution is 2.27. The molecule has 0 unspecified atom stereocenters. The van der Waals surface area contributed by atoms with Crippen molar-refractivity contribution in [3.05, 3.63) is 77.4 Å². The predicted molar refractivity (Wildman–Crippen MR) is 122 cm³/mol. The minimum atomic E-state index is -3.81. The third kappa shape index (κ3) is 6.43. The van der Waals surface area contributed by atoms with E-state index in [4.69, 9.17) is 21.1 Å². The summed E-state index contributed by atoms with van der Waals surface area (Å²) in [6, 6.07) is 15.4. The summed E-state index contributed by atoms with van der Waals surface area (Å²) in [5.41, 5.74) is 0.552. The number of hydrogen-bond acceptors (Lipinski definition) is 6. The van der Waals surface area contributed by atoms with Gasteiger partial charge in [-0.1, -0.05) is 17.7 Å². The molecule has 0 aliphatic heterocycles. The molecule has 32 heavy (non-hydrogen) atoms. The summed E-state index contributed by atoms with van der Waals surface area (Å²) in [5, 5.41) is 3.22. The van der Waals surface area contributed by atoms with Gasteiger partial charge in [0.15, 0.2) is 0 Å². The monoisotopic (exact) mass is 475 g/mol. The third-order valence-electron chi connectivity index (χ3n) is 4.25. The van der Waals surface area contributed by atoms with Crippen LogP contribution < -0.4 is 14.8 Å². The first-order valence-corrected chi connectivity index (χ1v) is 11.5. The quantitative estimate of drug-likeness (QED) is 0.428. The molecule has 1 heterocycles. The second-order valence-corrected chi connectivity index (χ2v) is 8.77. The Labute approximate surface area is 191 Å². The van der Waals surface area contributed by atoms with E-state index in [0.717, 1.165) is 0 Å². The van der Waals surface area contributed by atoms with E-state index in [1.807, 2.05) is 0 Å². The summed E-state index contributed by atoms with van der Waals surface area (Å²) >= 11 is 5.83.